The summed E-state index contributed by atoms with van der Waals surface area (Å²) >= 11 is 0. The van der Waals surface area contributed by atoms with Gasteiger partial charge in [-0.3, -0.25) is 37.3 Å². The van der Waals surface area contributed by atoms with E-state index in [0.717, 1.165) is 205 Å². The fourth-order valence-electron chi connectivity index (χ4n) is 10.3. The Morgan fingerprint density at radius 3 is 0.824 bits per heavy atom. The van der Waals surface area contributed by atoms with Crippen LogP contribution >= 0.6 is 15.6 Å². The summed E-state index contributed by atoms with van der Waals surface area (Å²) in [6, 6.07) is 0. The Kier molecular flexibility index (Phi) is 71.4. The van der Waals surface area contributed by atoms with E-state index >= 15 is 0 Å². The summed E-state index contributed by atoms with van der Waals surface area (Å²) < 4.78 is 68.5. The molecule has 0 spiro atoms. The van der Waals surface area contributed by atoms with E-state index < -0.39 is 97.5 Å². The predicted octanol–water partition coefficient (Wildman–Crippen LogP) is 23.1. The first-order valence-corrected chi connectivity index (χ1v) is 42.8. The summed E-state index contributed by atoms with van der Waals surface area (Å²) in [7, 11) is -9.97. The Labute approximate surface area is 619 Å². The van der Waals surface area contributed by atoms with Crippen LogP contribution in [-0.4, -0.2) is 96.7 Å². The van der Waals surface area contributed by atoms with E-state index in [2.05, 4.69) is 149 Å². The molecular formula is C83H142O17P2. The maximum Gasteiger partial charge on any atom is 0.472 e. The molecule has 0 radical (unpaired) electrons. The van der Waals surface area contributed by atoms with E-state index in [4.69, 9.17) is 37.0 Å². The summed E-state index contributed by atoms with van der Waals surface area (Å²) in [4.78, 5) is 73.0. The zero-order valence-electron chi connectivity index (χ0n) is 64.0. The van der Waals surface area contributed by atoms with Gasteiger partial charge in [-0.05, 0) is 154 Å². The molecule has 0 saturated carbocycles. The molecule has 17 nitrogen and oxygen atoms in total. The van der Waals surface area contributed by atoms with Gasteiger partial charge in [0.25, 0.3) is 0 Å². The number of carbonyl (C=O) groups is 4. The number of allylic oxidation sites excluding steroid dienone is 20. The van der Waals surface area contributed by atoms with Crippen molar-refractivity contribution in [3.05, 3.63) is 122 Å². The molecule has 19 heteroatoms. The molecule has 0 aliphatic heterocycles. The van der Waals surface area contributed by atoms with E-state index in [1.54, 1.807) is 0 Å². The van der Waals surface area contributed by atoms with Crippen molar-refractivity contribution >= 4 is 39.5 Å². The molecule has 0 heterocycles. The number of hydrogen-bond acceptors (Lipinski definition) is 15. The summed E-state index contributed by atoms with van der Waals surface area (Å²) in [6.45, 7) is 4.59. The number of esters is 4. The van der Waals surface area contributed by atoms with Crippen molar-refractivity contribution in [2.24, 2.45) is 0 Å². The predicted molar refractivity (Wildman–Crippen MR) is 418 cm³/mol. The van der Waals surface area contributed by atoms with Crippen molar-refractivity contribution in [2.75, 3.05) is 39.6 Å². The molecule has 0 aliphatic rings. The lowest BCUT2D eigenvalue weighted by atomic mass is 10.1. The molecule has 586 valence electrons. The van der Waals surface area contributed by atoms with Crippen LogP contribution in [-0.2, 0) is 65.4 Å². The maximum absolute atomic E-state index is 13.1. The van der Waals surface area contributed by atoms with Crippen LogP contribution < -0.4 is 0 Å². The zero-order chi connectivity index (χ0) is 74.6. The van der Waals surface area contributed by atoms with Gasteiger partial charge in [-0.15, -0.1) is 0 Å². The fraction of sp³-hybridized carbons (Fsp3) is 0.711. The maximum atomic E-state index is 13.1. The molecule has 0 amide bonds. The van der Waals surface area contributed by atoms with E-state index in [-0.39, 0.29) is 25.7 Å². The smallest absolute Gasteiger partial charge is 0.462 e. The molecule has 0 bridgehead atoms. The normalized spacial score (nSPS) is 14.5. The van der Waals surface area contributed by atoms with Crippen molar-refractivity contribution in [2.45, 2.75) is 341 Å². The summed E-state index contributed by atoms with van der Waals surface area (Å²) in [5.74, 6) is -2.23. The van der Waals surface area contributed by atoms with Crippen LogP contribution in [0.15, 0.2) is 122 Å². The third-order valence-electron chi connectivity index (χ3n) is 16.4. The summed E-state index contributed by atoms with van der Waals surface area (Å²) in [5.41, 5.74) is 0. The van der Waals surface area contributed by atoms with Crippen LogP contribution in [0.5, 0.6) is 0 Å². The third kappa shape index (κ3) is 73.8. The highest BCUT2D eigenvalue weighted by Crippen LogP contribution is 2.45. The standard InChI is InChI=1S/C83H142O17P2/c1-5-9-13-17-21-25-29-33-36-37-38-39-42-45-48-52-56-60-64-68-81(86)94-73-78(99-82(87)69-65-61-57-53-49-43-32-28-24-20-16-12-8-4)75-97-101(89,90)95-71-77(84)72-96-102(91,92)98-76-79(100-83(88)70-66-62-58-54-50-46-41-35-31-27-23-19-15-11-7-3)74-93-80(85)67-63-59-55-51-47-44-40-34-30-26-22-18-14-10-6-2/h10,14,16,20-23,25-28,32-36,38-41,77-79,84H,5-9,11-13,15,17-19,24,29-31,37,42-76H2,1-4H3,(H,89,90)(H,91,92)/b14-10-,20-16-,25-21-,26-22-,27-23-,32-28-,36-33-,39-38-,40-34-,41-35-. The highest BCUT2D eigenvalue weighted by molar-refractivity contribution is 7.47. The molecule has 0 saturated heterocycles. The molecule has 0 aromatic rings. The van der Waals surface area contributed by atoms with Crippen molar-refractivity contribution in [3.8, 4) is 0 Å². The lowest BCUT2D eigenvalue weighted by Crippen LogP contribution is -2.30. The van der Waals surface area contributed by atoms with Crippen molar-refractivity contribution in [1.29, 1.82) is 0 Å². The molecule has 0 rings (SSSR count). The molecule has 0 aliphatic carbocycles. The Balaban J connectivity index is 5.38. The fourth-order valence-corrected chi connectivity index (χ4v) is 11.9. The van der Waals surface area contributed by atoms with Gasteiger partial charge >= 0.3 is 39.5 Å². The van der Waals surface area contributed by atoms with Crippen molar-refractivity contribution in [1.82, 2.24) is 0 Å². The lowest BCUT2D eigenvalue weighted by molar-refractivity contribution is -0.161. The van der Waals surface area contributed by atoms with Crippen LogP contribution in [0.4, 0.5) is 0 Å². The Morgan fingerprint density at radius 1 is 0.284 bits per heavy atom. The molecule has 102 heavy (non-hydrogen) atoms. The van der Waals surface area contributed by atoms with Gasteiger partial charge in [-0.1, -0.05) is 265 Å². The van der Waals surface area contributed by atoms with Gasteiger partial charge in [0, 0.05) is 25.7 Å². The highest BCUT2D eigenvalue weighted by Gasteiger charge is 2.30. The topological polar surface area (TPSA) is 237 Å². The number of phosphoric acid groups is 2. The second kappa shape index (κ2) is 74.7. The van der Waals surface area contributed by atoms with Gasteiger partial charge in [0.1, 0.15) is 19.3 Å². The summed E-state index contributed by atoms with van der Waals surface area (Å²) in [6.07, 6.45) is 81.7. The third-order valence-corrected chi connectivity index (χ3v) is 18.3. The minimum atomic E-state index is -4.99. The summed E-state index contributed by atoms with van der Waals surface area (Å²) in [5, 5.41) is 10.6. The van der Waals surface area contributed by atoms with Crippen molar-refractivity contribution < 1.29 is 80.2 Å². The molecule has 0 aromatic carbocycles. The first kappa shape index (κ1) is 97.5. The average molecular weight is 1470 g/mol. The first-order chi connectivity index (χ1) is 49.7. The first-order valence-electron chi connectivity index (χ1n) is 39.8. The van der Waals surface area contributed by atoms with Crippen LogP contribution in [0.1, 0.15) is 323 Å². The Bertz CT molecular complexity index is 2410. The second-order valence-electron chi connectivity index (χ2n) is 26.3. The van der Waals surface area contributed by atoms with Crippen LogP contribution in [0.3, 0.4) is 0 Å². The van der Waals surface area contributed by atoms with Gasteiger partial charge < -0.3 is 33.8 Å². The number of hydrogen-bond donors (Lipinski definition) is 3. The second-order valence-corrected chi connectivity index (χ2v) is 29.2. The number of phosphoric ester groups is 2. The SMILES string of the molecule is CC/C=C\C/C=C\C/C=C\CCCCCCCC(=O)OCC(COP(=O)(O)OCC(O)COP(=O)(O)OCC(COC(=O)CCCCCCCC/C=C\C/C=C\C/C=C\CCCCC)OC(=O)CCCCCCC/C=C\C/C=C\CCC)OC(=O)CCCCCCC/C=C\C/C=C\CCCCC. The van der Waals surface area contributed by atoms with Crippen molar-refractivity contribution in [3.63, 3.8) is 0 Å². The number of rotatable bonds is 74. The van der Waals surface area contributed by atoms with Crippen LogP contribution in [0.25, 0.3) is 0 Å². The Morgan fingerprint density at radius 2 is 0.529 bits per heavy atom. The van der Waals surface area contributed by atoms with Gasteiger partial charge in [0.15, 0.2) is 12.2 Å². The molecular weight excluding hydrogens is 1330 g/mol. The van der Waals surface area contributed by atoms with Gasteiger partial charge in [-0.2, -0.15) is 0 Å². The lowest BCUT2D eigenvalue weighted by Gasteiger charge is -2.21. The van der Waals surface area contributed by atoms with Gasteiger partial charge in [-0.25, -0.2) is 9.13 Å². The van der Waals surface area contributed by atoms with Gasteiger partial charge in [0.05, 0.1) is 26.4 Å². The largest absolute Gasteiger partial charge is 0.472 e. The molecule has 5 atom stereocenters. The minimum Gasteiger partial charge on any atom is -0.462 e. The quantitative estimate of drug-likeness (QED) is 0.0169. The molecule has 0 fully saturated rings. The van der Waals surface area contributed by atoms with Crippen LogP contribution in [0.2, 0.25) is 0 Å². The number of ether oxygens (including phenoxy) is 4. The highest BCUT2D eigenvalue weighted by atomic mass is 31.2. The molecule has 0 aromatic heterocycles. The van der Waals surface area contributed by atoms with Crippen LogP contribution in [0, 0.1) is 0 Å². The molecule has 5 unspecified atom stereocenters. The minimum absolute atomic E-state index is 0.0728. The van der Waals surface area contributed by atoms with E-state index in [0.29, 0.717) is 25.7 Å². The van der Waals surface area contributed by atoms with E-state index in [1.165, 1.54) is 38.5 Å². The average Bonchev–Trinajstić information content (AvgIpc) is 0.919. The number of aliphatic hydroxyl groups excluding tert-OH is 1. The number of aliphatic hydroxyl groups is 1. The van der Waals surface area contributed by atoms with E-state index in [1.807, 2.05) is 0 Å². The number of unbranched alkanes of at least 4 members (excludes halogenated alkanes) is 28. The van der Waals surface area contributed by atoms with E-state index in [9.17, 15) is 43.2 Å². The monoisotopic (exact) mass is 1470 g/mol. The zero-order valence-corrected chi connectivity index (χ0v) is 65.8. The Hall–Kier alpha value is -4.54. The number of carbonyl (C=O) groups excluding carboxylic acids is 4. The van der Waals surface area contributed by atoms with Gasteiger partial charge in [0.2, 0.25) is 0 Å². The molecule has 3 N–H and O–H groups in total.